The van der Waals surface area contributed by atoms with Crippen molar-refractivity contribution in [1.82, 2.24) is 0 Å². The van der Waals surface area contributed by atoms with Gasteiger partial charge in [0.25, 0.3) is 0 Å². The molecule has 0 nitrogen and oxygen atoms in total. The molecule has 0 saturated carbocycles. The van der Waals surface area contributed by atoms with E-state index in [1.807, 2.05) is 30.3 Å². The molecule has 0 amide bonds. The third-order valence-electron chi connectivity index (χ3n) is 5.24. The van der Waals surface area contributed by atoms with Crippen molar-refractivity contribution in [3.63, 3.8) is 0 Å². The van der Waals surface area contributed by atoms with Crippen LogP contribution in [0.3, 0.4) is 0 Å². The molecule has 0 saturated heterocycles. The number of hydrogen-bond donors (Lipinski definition) is 0. The van der Waals surface area contributed by atoms with Crippen molar-refractivity contribution in [3.05, 3.63) is 55.4 Å². The molecule has 0 heterocycles. The lowest BCUT2D eigenvalue weighted by atomic mass is 9.99. The second kappa shape index (κ2) is 4.57. The van der Waals surface area contributed by atoms with E-state index in [1.165, 1.54) is 0 Å². The Morgan fingerprint density at radius 1 is 0.320 bits per heavy atom. The summed E-state index contributed by atoms with van der Waals surface area (Å²) in [6, 6.07) is 9.53. The zero-order valence-electron chi connectivity index (χ0n) is 12.3. The van der Waals surface area contributed by atoms with E-state index in [0.717, 1.165) is 53.9 Å². The van der Waals surface area contributed by atoms with E-state index in [2.05, 4.69) is 0 Å². The molecule has 6 aromatic rings. The number of benzene rings is 5. The third-order valence-corrected chi connectivity index (χ3v) is 6.80. The molecule has 5 heteroatoms. The van der Waals surface area contributed by atoms with Gasteiger partial charge >= 0.3 is 0 Å². The molecule has 0 fully saturated rings. The van der Waals surface area contributed by atoms with E-state index in [4.69, 9.17) is 58.0 Å². The lowest BCUT2D eigenvalue weighted by Gasteiger charge is -2.09. The predicted octanol–water partition coefficient (Wildman–Crippen LogP) is 9.03. The van der Waals surface area contributed by atoms with Crippen LogP contribution >= 0.6 is 58.0 Å². The lowest BCUT2D eigenvalue weighted by molar-refractivity contribution is 1.87. The van der Waals surface area contributed by atoms with Gasteiger partial charge in [-0.25, -0.2) is 0 Å². The maximum Gasteiger partial charge on any atom is 0.0492 e. The van der Waals surface area contributed by atoms with Crippen molar-refractivity contribution in [2.45, 2.75) is 0 Å². The fourth-order valence-electron chi connectivity index (χ4n) is 4.30. The Balaban J connectivity index is 2.21. The van der Waals surface area contributed by atoms with E-state index in [9.17, 15) is 0 Å². The fourth-order valence-corrected chi connectivity index (χ4v) is 5.59. The van der Waals surface area contributed by atoms with Crippen molar-refractivity contribution in [2.75, 3.05) is 0 Å². The lowest BCUT2D eigenvalue weighted by Crippen LogP contribution is -1.81. The van der Waals surface area contributed by atoms with E-state index in [-0.39, 0.29) is 0 Å². The summed E-state index contributed by atoms with van der Waals surface area (Å²) in [5.74, 6) is 0. The Morgan fingerprint density at radius 2 is 0.480 bits per heavy atom. The van der Waals surface area contributed by atoms with Crippen LogP contribution in [-0.2, 0) is 0 Å². The van der Waals surface area contributed by atoms with Gasteiger partial charge in [-0.3, -0.25) is 0 Å². The summed E-state index contributed by atoms with van der Waals surface area (Å²) < 4.78 is 0. The highest BCUT2D eigenvalue weighted by atomic mass is 35.5. The molecule has 0 spiro atoms. The van der Waals surface area contributed by atoms with Gasteiger partial charge in [0.15, 0.2) is 0 Å². The zero-order chi connectivity index (χ0) is 17.2. The molecule has 0 N–H and O–H groups in total. The molecule has 0 radical (unpaired) electrons. The molecule has 0 aliphatic heterocycles. The monoisotopic (exact) mass is 420 g/mol. The Labute approximate surface area is 166 Å². The molecule has 0 aliphatic carbocycles. The van der Waals surface area contributed by atoms with Crippen LogP contribution in [-0.4, -0.2) is 0 Å². The van der Waals surface area contributed by atoms with Gasteiger partial charge in [-0.2, -0.15) is 0 Å². The molecule has 25 heavy (non-hydrogen) atoms. The summed E-state index contributed by atoms with van der Waals surface area (Å²) in [7, 11) is 0. The van der Waals surface area contributed by atoms with E-state index >= 15 is 0 Å². The van der Waals surface area contributed by atoms with Crippen LogP contribution in [0.1, 0.15) is 0 Å². The predicted molar refractivity (Wildman–Crippen MR) is 113 cm³/mol. The Bertz CT molecular complexity index is 1190. The summed E-state index contributed by atoms with van der Waals surface area (Å²) >= 11 is 32.9. The van der Waals surface area contributed by atoms with Crippen LogP contribution in [0.2, 0.25) is 25.1 Å². The number of rotatable bonds is 0. The minimum Gasteiger partial charge on any atom is -0.0836 e. The van der Waals surface area contributed by atoms with Gasteiger partial charge in [0.2, 0.25) is 0 Å². The maximum atomic E-state index is 6.57. The number of halogens is 5. The fraction of sp³-hybridized carbons (Fsp3) is 0. The van der Waals surface area contributed by atoms with Crippen molar-refractivity contribution < 1.29 is 0 Å². The van der Waals surface area contributed by atoms with Crippen molar-refractivity contribution in [2.24, 2.45) is 0 Å². The van der Waals surface area contributed by atoms with Crippen molar-refractivity contribution >= 4 is 112 Å². The smallest absolute Gasteiger partial charge is 0.0492 e. The summed E-state index contributed by atoms with van der Waals surface area (Å²) in [6.45, 7) is 0. The highest BCUT2D eigenvalue weighted by Crippen LogP contribution is 2.54. The molecule has 0 atom stereocenters. The minimum atomic E-state index is 0.634. The molecular weight excluding hydrogens is 417 g/mol. The molecule has 6 rings (SSSR count). The summed E-state index contributed by atoms with van der Waals surface area (Å²) in [4.78, 5) is 0. The van der Waals surface area contributed by atoms with E-state index in [0.29, 0.717) is 25.1 Å². The molecule has 0 aliphatic rings. The summed E-state index contributed by atoms with van der Waals surface area (Å²) in [6.07, 6.45) is 0. The quantitative estimate of drug-likeness (QED) is 0.214. The normalized spacial score (nSPS) is 13.0. The second-order valence-corrected chi connectivity index (χ2v) is 8.44. The second-order valence-electron chi connectivity index (χ2n) is 6.40. The largest absolute Gasteiger partial charge is 0.0836 e. The van der Waals surface area contributed by atoms with Crippen LogP contribution in [0.4, 0.5) is 0 Å². The average Bonchev–Trinajstić information content (AvgIpc) is 2.92. The van der Waals surface area contributed by atoms with Crippen LogP contribution in [0.25, 0.3) is 53.9 Å². The standard InChI is InChI=1S/C20H5Cl5/c21-11-1-6-12(22)3-8-14(24)5-10-15(25)4-9-13(23)2-7(11)17-16(6)18(8)20(10)19(9)17/h1-5H. The van der Waals surface area contributed by atoms with Crippen molar-refractivity contribution in [3.8, 4) is 0 Å². The van der Waals surface area contributed by atoms with Gasteiger partial charge in [-0.05, 0) is 30.3 Å². The molecule has 6 aromatic carbocycles. The molecule has 0 unspecified atom stereocenters. The van der Waals surface area contributed by atoms with Gasteiger partial charge in [0.05, 0.1) is 0 Å². The van der Waals surface area contributed by atoms with Crippen LogP contribution < -0.4 is 0 Å². The zero-order valence-corrected chi connectivity index (χ0v) is 16.1. The van der Waals surface area contributed by atoms with E-state index in [1.54, 1.807) is 0 Å². The van der Waals surface area contributed by atoms with Gasteiger partial charge in [-0.15, -0.1) is 0 Å². The molecular formula is C20H5Cl5. The first-order valence-corrected chi connectivity index (χ1v) is 9.47. The molecule has 0 aromatic heterocycles. The van der Waals surface area contributed by atoms with Gasteiger partial charge < -0.3 is 0 Å². The van der Waals surface area contributed by atoms with E-state index < -0.39 is 0 Å². The first kappa shape index (κ1) is 15.0. The highest BCUT2D eigenvalue weighted by Gasteiger charge is 2.26. The van der Waals surface area contributed by atoms with Crippen LogP contribution in [0, 0.1) is 0 Å². The maximum absolute atomic E-state index is 6.57. The first-order chi connectivity index (χ1) is 12.0. The average molecular weight is 423 g/mol. The molecule has 0 bridgehead atoms. The van der Waals surface area contributed by atoms with Crippen LogP contribution in [0.15, 0.2) is 30.3 Å². The Kier molecular flexibility index (Phi) is 2.74. The first-order valence-electron chi connectivity index (χ1n) is 7.58. The summed E-state index contributed by atoms with van der Waals surface area (Å²) in [5.41, 5.74) is 0. The highest BCUT2D eigenvalue weighted by molar-refractivity contribution is 6.56. The Morgan fingerprint density at radius 3 is 0.640 bits per heavy atom. The Hall–Kier alpha value is -1.15. The molecule has 120 valence electrons. The SMILES string of the molecule is Clc1cc2c(Cl)cc3c(Cl)cc4c(Cl)cc5c(Cl)cc1c1c5c4c3c21. The van der Waals surface area contributed by atoms with Gasteiger partial charge in [0.1, 0.15) is 0 Å². The number of hydrogen-bond acceptors (Lipinski definition) is 0. The summed E-state index contributed by atoms with van der Waals surface area (Å²) in [5, 5.41) is 13.2. The third kappa shape index (κ3) is 1.60. The minimum absolute atomic E-state index is 0.634. The van der Waals surface area contributed by atoms with Gasteiger partial charge in [-0.1, -0.05) is 58.0 Å². The van der Waals surface area contributed by atoms with Crippen molar-refractivity contribution in [1.29, 1.82) is 0 Å². The topological polar surface area (TPSA) is 0 Å². The van der Waals surface area contributed by atoms with Gasteiger partial charge in [0, 0.05) is 79.0 Å². The van der Waals surface area contributed by atoms with Crippen LogP contribution in [0.5, 0.6) is 0 Å².